The van der Waals surface area contributed by atoms with Crippen LogP contribution >= 0.6 is 0 Å². The van der Waals surface area contributed by atoms with Gasteiger partial charge >= 0.3 is 0 Å². The Hall–Kier alpha value is -1.83. The number of aryl methyl sites for hydroxylation is 1. The first-order chi connectivity index (χ1) is 7.65. The van der Waals surface area contributed by atoms with Crippen LogP contribution in [-0.4, -0.2) is 4.57 Å². The lowest BCUT2D eigenvalue weighted by atomic mass is 10.1. The topological polar surface area (TPSA) is 22.0 Å². The van der Waals surface area contributed by atoms with Gasteiger partial charge in [0.05, 0.1) is 5.52 Å². The minimum absolute atomic E-state index is 0.0497. The van der Waals surface area contributed by atoms with Gasteiger partial charge in [-0.15, -0.1) is 0 Å². The highest BCUT2D eigenvalue weighted by Gasteiger charge is 2.07. The fraction of sp³-hybridized carbons (Fsp3) is 0.214. The molecule has 82 valence electrons. The van der Waals surface area contributed by atoms with Crippen LogP contribution in [0.5, 0.6) is 0 Å². The van der Waals surface area contributed by atoms with Gasteiger partial charge < -0.3 is 4.57 Å². The fourth-order valence-electron chi connectivity index (χ4n) is 1.95. The molecule has 16 heavy (non-hydrogen) atoms. The summed E-state index contributed by atoms with van der Waals surface area (Å²) >= 11 is 0. The molecule has 0 atom stereocenters. The lowest BCUT2D eigenvalue weighted by molar-refractivity contribution is 0.757. The molecule has 0 unspecified atom stereocenters. The van der Waals surface area contributed by atoms with E-state index in [1.54, 1.807) is 4.57 Å². The molecule has 2 nitrogen and oxygen atoms in total. The van der Waals surface area contributed by atoms with Gasteiger partial charge in [0.1, 0.15) is 0 Å². The zero-order valence-corrected chi connectivity index (χ0v) is 9.66. The molecule has 2 aromatic rings. The molecule has 0 fully saturated rings. The van der Waals surface area contributed by atoms with Gasteiger partial charge in [0.25, 0.3) is 5.56 Å². The first-order valence-corrected chi connectivity index (χ1v) is 5.43. The van der Waals surface area contributed by atoms with Crippen LogP contribution in [0.1, 0.15) is 19.4 Å². The second-order valence-corrected chi connectivity index (χ2v) is 3.95. The van der Waals surface area contributed by atoms with Crippen LogP contribution in [0.15, 0.2) is 41.7 Å². The van der Waals surface area contributed by atoms with Crippen molar-refractivity contribution in [1.29, 1.82) is 0 Å². The molecule has 1 heterocycles. The summed E-state index contributed by atoms with van der Waals surface area (Å²) in [6.45, 7) is 8.38. The number of rotatable bonds is 2. The molecule has 2 rings (SSSR count). The summed E-state index contributed by atoms with van der Waals surface area (Å²) in [5.41, 5.74) is 2.56. The first-order valence-electron chi connectivity index (χ1n) is 5.43. The molecule has 0 N–H and O–H groups in total. The van der Waals surface area contributed by atoms with Crippen LogP contribution in [0.2, 0.25) is 0 Å². The Bertz CT molecular complexity index is 608. The molecule has 0 bridgehead atoms. The molecule has 0 aliphatic carbocycles. The number of aromatic nitrogens is 1. The van der Waals surface area contributed by atoms with Crippen molar-refractivity contribution in [3.05, 3.63) is 52.8 Å². The van der Waals surface area contributed by atoms with Crippen LogP contribution < -0.4 is 5.56 Å². The Morgan fingerprint density at radius 3 is 2.69 bits per heavy atom. The van der Waals surface area contributed by atoms with E-state index in [4.69, 9.17) is 0 Å². The van der Waals surface area contributed by atoms with Gasteiger partial charge in [-0.05, 0) is 36.9 Å². The Morgan fingerprint density at radius 1 is 1.38 bits per heavy atom. The van der Waals surface area contributed by atoms with E-state index in [9.17, 15) is 4.79 Å². The number of fused-ring (bicyclic) bond motifs is 1. The summed E-state index contributed by atoms with van der Waals surface area (Å²) in [6, 6.07) is 9.85. The maximum Gasteiger partial charge on any atom is 0.258 e. The van der Waals surface area contributed by atoms with E-state index in [2.05, 4.69) is 6.58 Å². The summed E-state index contributed by atoms with van der Waals surface area (Å²) in [6.07, 6.45) is 0. The number of benzene rings is 1. The van der Waals surface area contributed by atoms with E-state index in [0.717, 1.165) is 16.5 Å². The summed E-state index contributed by atoms with van der Waals surface area (Å²) < 4.78 is 1.79. The smallest absolute Gasteiger partial charge is 0.258 e. The van der Waals surface area contributed by atoms with Crippen LogP contribution in [0.4, 0.5) is 0 Å². The third kappa shape index (κ3) is 1.56. The first kappa shape index (κ1) is 10.7. The number of pyridine rings is 1. The molecule has 1 aromatic heterocycles. The van der Waals surface area contributed by atoms with Crippen molar-refractivity contribution >= 4 is 16.5 Å². The molecule has 0 saturated carbocycles. The van der Waals surface area contributed by atoms with E-state index in [-0.39, 0.29) is 5.56 Å². The molecule has 1 aromatic carbocycles. The second-order valence-electron chi connectivity index (χ2n) is 3.95. The zero-order chi connectivity index (χ0) is 11.7. The minimum Gasteiger partial charge on any atom is -0.308 e. The number of hydrogen-bond donors (Lipinski definition) is 0. The molecule has 0 amide bonds. The van der Waals surface area contributed by atoms with Crippen molar-refractivity contribution in [3.8, 4) is 0 Å². The van der Waals surface area contributed by atoms with Crippen molar-refractivity contribution in [3.63, 3.8) is 0 Å². The fourth-order valence-corrected chi connectivity index (χ4v) is 1.95. The molecule has 0 spiro atoms. The third-order valence-electron chi connectivity index (χ3n) is 2.78. The molecule has 0 radical (unpaired) electrons. The molecule has 2 heteroatoms. The van der Waals surface area contributed by atoms with E-state index in [1.807, 2.05) is 44.2 Å². The lowest BCUT2D eigenvalue weighted by Crippen LogP contribution is -2.22. The summed E-state index contributed by atoms with van der Waals surface area (Å²) in [4.78, 5) is 12.2. The quantitative estimate of drug-likeness (QED) is 0.751. The molecule has 0 saturated heterocycles. The van der Waals surface area contributed by atoms with Crippen molar-refractivity contribution < 1.29 is 0 Å². The van der Waals surface area contributed by atoms with Gasteiger partial charge in [-0.2, -0.15) is 0 Å². The van der Waals surface area contributed by atoms with Gasteiger partial charge in [0.15, 0.2) is 0 Å². The van der Waals surface area contributed by atoms with Crippen LogP contribution in [0.3, 0.4) is 0 Å². The normalized spacial score (nSPS) is 10.6. The van der Waals surface area contributed by atoms with Gasteiger partial charge in [-0.25, -0.2) is 0 Å². The van der Waals surface area contributed by atoms with Crippen molar-refractivity contribution in [2.24, 2.45) is 0 Å². The van der Waals surface area contributed by atoms with Gasteiger partial charge in [0.2, 0.25) is 0 Å². The van der Waals surface area contributed by atoms with Crippen LogP contribution in [0, 0.1) is 0 Å². The minimum atomic E-state index is 0.0497. The van der Waals surface area contributed by atoms with Crippen molar-refractivity contribution in [2.75, 3.05) is 0 Å². The average Bonchev–Trinajstić information content (AvgIpc) is 2.28. The highest BCUT2D eigenvalue weighted by Crippen LogP contribution is 2.16. The third-order valence-corrected chi connectivity index (χ3v) is 2.78. The largest absolute Gasteiger partial charge is 0.308 e. The Morgan fingerprint density at radius 2 is 2.06 bits per heavy atom. The molecular weight excluding hydrogens is 198 g/mol. The Kier molecular flexibility index (Phi) is 2.65. The van der Waals surface area contributed by atoms with Crippen molar-refractivity contribution in [2.45, 2.75) is 20.4 Å². The molecule has 0 aliphatic rings. The maximum absolute atomic E-state index is 12.2. The zero-order valence-electron chi connectivity index (χ0n) is 9.66. The monoisotopic (exact) mass is 213 g/mol. The van der Waals surface area contributed by atoms with Crippen molar-refractivity contribution in [1.82, 2.24) is 4.57 Å². The highest BCUT2D eigenvalue weighted by atomic mass is 16.1. The van der Waals surface area contributed by atoms with E-state index in [0.29, 0.717) is 12.1 Å². The second kappa shape index (κ2) is 3.97. The van der Waals surface area contributed by atoms with Crippen LogP contribution in [-0.2, 0) is 6.54 Å². The number of para-hydroxylation sites is 1. The van der Waals surface area contributed by atoms with Gasteiger partial charge in [-0.3, -0.25) is 4.79 Å². The standard InChI is InChI=1S/C14H15NO/c1-4-15-13-8-6-5-7-11(13)9-12(10(2)3)14(15)16/h5-9H,2,4H2,1,3H3. The van der Waals surface area contributed by atoms with Gasteiger partial charge in [0, 0.05) is 12.1 Å². The predicted octanol–water partition coefficient (Wildman–Crippen LogP) is 3.05. The van der Waals surface area contributed by atoms with Crippen LogP contribution in [0.25, 0.3) is 16.5 Å². The number of nitrogens with zero attached hydrogens (tertiary/aromatic N) is 1. The van der Waals surface area contributed by atoms with E-state index in [1.165, 1.54) is 0 Å². The summed E-state index contributed by atoms with van der Waals surface area (Å²) in [7, 11) is 0. The molecule has 0 aliphatic heterocycles. The SMILES string of the molecule is C=C(C)c1cc2ccccc2n(CC)c1=O. The predicted molar refractivity (Wildman–Crippen MR) is 68.6 cm³/mol. The van der Waals surface area contributed by atoms with E-state index < -0.39 is 0 Å². The average molecular weight is 213 g/mol. The summed E-state index contributed by atoms with van der Waals surface area (Å²) in [5, 5.41) is 1.09. The maximum atomic E-state index is 12.2. The molecular formula is C14H15NO. The number of allylic oxidation sites excluding steroid dienone is 1. The van der Waals surface area contributed by atoms with E-state index >= 15 is 0 Å². The highest BCUT2D eigenvalue weighted by molar-refractivity contribution is 5.82. The lowest BCUT2D eigenvalue weighted by Gasteiger charge is -2.10. The number of hydrogen-bond acceptors (Lipinski definition) is 1. The Labute approximate surface area is 94.8 Å². The van der Waals surface area contributed by atoms with Gasteiger partial charge in [-0.1, -0.05) is 24.8 Å². The summed E-state index contributed by atoms with van der Waals surface area (Å²) in [5.74, 6) is 0. The Balaban J connectivity index is 2.94.